The molecule has 0 aromatic heterocycles. The van der Waals surface area contributed by atoms with Crippen molar-refractivity contribution in [3.63, 3.8) is 0 Å². The van der Waals surface area contributed by atoms with Crippen LogP contribution in [0, 0.1) is 0 Å². The van der Waals surface area contributed by atoms with Crippen LogP contribution in [0.3, 0.4) is 0 Å². The smallest absolute Gasteiger partial charge is 0.142 e. The molecule has 0 rings (SSSR count). The van der Waals surface area contributed by atoms with Gasteiger partial charge in [0.1, 0.15) is 12.6 Å². The standard InChI is InChI=1S/C9H18O.C7H12O/c1-2-3-4-5-6-7-8-9-10;1-2-3-4-5-6-7-8/h9H,2-8H2,1H3;5-7H,2-4H2,1H3. The molecule has 0 aromatic carbocycles. The van der Waals surface area contributed by atoms with Crippen molar-refractivity contribution in [2.24, 2.45) is 0 Å². The predicted molar refractivity (Wildman–Crippen MR) is 78.8 cm³/mol. The summed E-state index contributed by atoms with van der Waals surface area (Å²) in [5.74, 6) is 0. The van der Waals surface area contributed by atoms with Gasteiger partial charge in [-0.3, -0.25) is 4.79 Å². The molecular weight excluding hydrogens is 224 g/mol. The molecule has 0 aromatic rings. The molecule has 0 heterocycles. The Morgan fingerprint density at radius 1 is 0.722 bits per heavy atom. The van der Waals surface area contributed by atoms with Crippen LogP contribution in [0.15, 0.2) is 12.2 Å². The van der Waals surface area contributed by atoms with Gasteiger partial charge in [-0.1, -0.05) is 64.9 Å². The molecule has 18 heavy (non-hydrogen) atoms. The molecule has 0 saturated carbocycles. The van der Waals surface area contributed by atoms with Gasteiger partial charge in [-0.2, -0.15) is 0 Å². The quantitative estimate of drug-likeness (QED) is 0.299. The van der Waals surface area contributed by atoms with Crippen LogP contribution in [-0.2, 0) is 9.59 Å². The van der Waals surface area contributed by atoms with Crippen molar-refractivity contribution < 1.29 is 9.59 Å². The molecule has 0 radical (unpaired) electrons. The largest absolute Gasteiger partial charge is 0.303 e. The number of allylic oxidation sites excluding steroid dienone is 2. The fourth-order valence-corrected chi connectivity index (χ4v) is 1.48. The number of carbonyl (C=O) groups excluding carboxylic acids is 2. The molecule has 106 valence electrons. The third-order valence-electron chi connectivity index (χ3n) is 2.61. The number of carbonyl (C=O) groups is 2. The second-order valence-corrected chi connectivity index (χ2v) is 4.43. The normalized spacial score (nSPS) is 9.89. The average molecular weight is 254 g/mol. The molecule has 2 nitrogen and oxygen atoms in total. The summed E-state index contributed by atoms with van der Waals surface area (Å²) in [5.41, 5.74) is 0. The van der Waals surface area contributed by atoms with Crippen LogP contribution in [0.25, 0.3) is 0 Å². The Hall–Kier alpha value is -0.920. The SMILES string of the molecule is CCCCC=CC=O.CCCCCCCCC=O. The van der Waals surface area contributed by atoms with Crippen LogP contribution in [0.1, 0.15) is 78.1 Å². The van der Waals surface area contributed by atoms with Crippen LogP contribution in [0.4, 0.5) is 0 Å². The highest BCUT2D eigenvalue weighted by Gasteiger charge is 1.87. The summed E-state index contributed by atoms with van der Waals surface area (Å²) in [4.78, 5) is 19.6. The van der Waals surface area contributed by atoms with E-state index in [4.69, 9.17) is 0 Å². The maximum Gasteiger partial charge on any atom is 0.142 e. The van der Waals surface area contributed by atoms with Crippen LogP contribution in [0.5, 0.6) is 0 Å². The van der Waals surface area contributed by atoms with E-state index in [0.29, 0.717) is 0 Å². The van der Waals surface area contributed by atoms with Crippen LogP contribution < -0.4 is 0 Å². The maximum atomic E-state index is 9.89. The van der Waals surface area contributed by atoms with Crippen molar-refractivity contribution in [1.29, 1.82) is 0 Å². The van der Waals surface area contributed by atoms with Crippen LogP contribution in [-0.4, -0.2) is 12.6 Å². The first kappa shape index (κ1) is 19.4. The van der Waals surface area contributed by atoms with Gasteiger partial charge >= 0.3 is 0 Å². The Balaban J connectivity index is 0. The second kappa shape index (κ2) is 21.4. The molecule has 0 spiro atoms. The molecule has 0 N–H and O–H groups in total. The zero-order valence-corrected chi connectivity index (χ0v) is 12.2. The monoisotopic (exact) mass is 254 g/mol. The number of rotatable bonds is 11. The van der Waals surface area contributed by atoms with E-state index in [2.05, 4.69) is 13.8 Å². The van der Waals surface area contributed by atoms with Gasteiger partial charge in [0.05, 0.1) is 0 Å². The Kier molecular flexibility index (Phi) is 23.1. The first-order valence-electron chi connectivity index (χ1n) is 7.37. The summed E-state index contributed by atoms with van der Waals surface area (Å²) in [5, 5.41) is 0. The molecule has 0 saturated heterocycles. The Labute approximate surface area is 113 Å². The molecule has 0 fully saturated rings. The maximum absolute atomic E-state index is 9.89. The van der Waals surface area contributed by atoms with Crippen molar-refractivity contribution in [2.75, 3.05) is 0 Å². The number of aldehydes is 2. The highest BCUT2D eigenvalue weighted by molar-refractivity contribution is 5.64. The zero-order valence-electron chi connectivity index (χ0n) is 12.2. The highest BCUT2D eigenvalue weighted by Crippen LogP contribution is 2.05. The fraction of sp³-hybridized carbons (Fsp3) is 0.750. The van der Waals surface area contributed by atoms with Crippen molar-refractivity contribution in [2.45, 2.75) is 78.1 Å². The van der Waals surface area contributed by atoms with Gasteiger partial charge in [0.15, 0.2) is 0 Å². The Bertz CT molecular complexity index is 186. The zero-order chi connectivity index (χ0) is 13.9. The number of hydrogen-bond donors (Lipinski definition) is 0. The Morgan fingerprint density at radius 3 is 1.89 bits per heavy atom. The van der Waals surface area contributed by atoms with E-state index < -0.39 is 0 Å². The van der Waals surface area contributed by atoms with Gasteiger partial charge < -0.3 is 4.79 Å². The molecule has 0 bridgehead atoms. The first-order valence-corrected chi connectivity index (χ1v) is 7.37. The highest BCUT2D eigenvalue weighted by atomic mass is 16.1. The van der Waals surface area contributed by atoms with E-state index in [1.165, 1.54) is 44.9 Å². The van der Waals surface area contributed by atoms with Crippen molar-refractivity contribution in [3.05, 3.63) is 12.2 Å². The first-order chi connectivity index (χ1) is 8.83. The van der Waals surface area contributed by atoms with Gasteiger partial charge in [-0.05, 0) is 18.9 Å². The van der Waals surface area contributed by atoms with Gasteiger partial charge in [0.25, 0.3) is 0 Å². The fourth-order valence-electron chi connectivity index (χ4n) is 1.48. The molecule has 0 aliphatic rings. The summed E-state index contributed by atoms with van der Waals surface area (Å²) >= 11 is 0. The van der Waals surface area contributed by atoms with Crippen molar-refractivity contribution >= 4 is 12.6 Å². The lowest BCUT2D eigenvalue weighted by Gasteiger charge is -1.95. The van der Waals surface area contributed by atoms with E-state index in [9.17, 15) is 9.59 Å². The van der Waals surface area contributed by atoms with Gasteiger partial charge in [0.2, 0.25) is 0 Å². The second-order valence-electron chi connectivity index (χ2n) is 4.43. The summed E-state index contributed by atoms with van der Waals surface area (Å²) in [6.07, 6.45) is 17.1. The van der Waals surface area contributed by atoms with E-state index in [1.807, 2.05) is 6.08 Å². The van der Waals surface area contributed by atoms with Gasteiger partial charge in [-0.15, -0.1) is 0 Å². The van der Waals surface area contributed by atoms with E-state index in [0.717, 1.165) is 31.8 Å². The molecule has 0 amide bonds. The molecule has 0 atom stereocenters. The third-order valence-corrected chi connectivity index (χ3v) is 2.61. The van der Waals surface area contributed by atoms with E-state index >= 15 is 0 Å². The average Bonchev–Trinajstić information content (AvgIpc) is 2.40. The minimum Gasteiger partial charge on any atom is -0.303 e. The van der Waals surface area contributed by atoms with E-state index in [1.54, 1.807) is 6.08 Å². The lowest BCUT2D eigenvalue weighted by Crippen LogP contribution is -1.79. The summed E-state index contributed by atoms with van der Waals surface area (Å²) in [6.45, 7) is 4.35. The molecule has 0 aliphatic heterocycles. The summed E-state index contributed by atoms with van der Waals surface area (Å²) < 4.78 is 0. The van der Waals surface area contributed by atoms with Crippen molar-refractivity contribution in [1.82, 2.24) is 0 Å². The minimum atomic E-state index is 0.756. The minimum absolute atomic E-state index is 0.756. The summed E-state index contributed by atoms with van der Waals surface area (Å²) in [6, 6.07) is 0. The molecule has 2 heteroatoms. The topological polar surface area (TPSA) is 34.1 Å². The third kappa shape index (κ3) is 24.4. The summed E-state index contributed by atoms with van der Waals surface area (Å²) in [7, 11) is 0. The number of hydrogen-bond acceptors (Lipinski definition) is 2. The van der Waals surface area contributed by atoms with Crippen molar-refractivity contribution in [3.8, 4) is 0 Å². The van der Waals surface area contributed by atoms with E-state index in [-0.39, 0.29) is 0 Å². The Morgan fingerprint density at radius 2 is 1.33 bits per heavy atom. The van der Waals surface area contributed by atoms with Gasteiger partial charge in [-0.25, -0.2) is 0 Å². The molecular formula is C16H30O2. The van der Waals surface area contributed by atoms with Crippen LogP contribution >= 0.6 is 0 Å². The lowest BCUT2D eigenvalue weighted by atomic mass is 10.1. The van der Waals surface area contributed by atoms with Crippen LogP contribution in [0.2, 0.25) is 0 Å². The van der Waals surface area contributed by atoms with Gasteiger partial charge in [0, 0.05) is 6.42 Å². The number of unbranched alkanes of at least 4 members (excludes halogenated alkanes) is 8. The predicted octanol–water partition coefficient (Wildman–Crippen LogP) is 4.87. The molecule has 0 aliphatic carbocycles. The lowest BCUT2D eigenvalue weighted by molar-refractivity contribution is -0.108. The molecule has 0 unspecified atom stereocenters.